The summed E-state index contributed by atoms with van der Waals surface area (Å²) in [5, 5.41) is 1.44. The van der Waals surface area contributed by atoms with E-state index in [-0.39, 0.29) is 17.6 Å². The molecule has 0 fully saturated rings. The average Bonchev–Trinajstić information content (AvgIpc) is 2.63. The Labute approximate surface area is 156 Å². The highest BCUT2D eigenvalue weighted by molar-refractivity contribution is 6.32. The summed E-state index contributed by atoms with van der Waals surface area (Å²) in [6.45, 7) is 3.86. The molecule has 0 saturated heterocycles. The monoisotopic (exact) mass is 369 g/mol. The minimum atomic E-state index is -0.272. The Balaban J connectivity index is 1.79. The molecular formula is C21H20ClNO3. The second kappa shape index (κ2) is 6.76. The summed E-state index contributed by atoms with van der Waals surface area (Å²) in [6, 6.07) is 9.49. The van der Waals surface area contributed by atoms with Gasteiger partial charge in [0.25, 0.3) is 0 Å². The van der Waals surface area contributed by atoms with Gasteiger partial charge in [-0.05, 0) is 56.9 Å². The molecule has 3 aromatic rings. The molecule has 2 aromatic heterocycles. The van der Waals surface area contributed by atoms with E-state index < -0.39 is 0 Å². The van der Waals surface area contributed by atoms with Gasteiger partial charge in [-0.3, -0.25) is 4.98 Å². The molecule has 0 radical (unpaired) electrons. The second-order valence-corrected chi connectivity index (χ2v) is 7.39. The molecule has 5 heteroatoms. The standard InChI is InChI=1S/C21H20ClNO3/c1-12(2)25-20-11-19-15(10-17(20)22)14-7-6-13(9-16(14)21(24)26-19)18-5-3-4-8-23-18/h3-5,8,10-13H,6-7,9H2,1-2H3. The van der Waals surface area contributed by atoms with E-state index in [0.29, 0.717) is 22.8 Å². The number of fused-ring (bicyclic) bond motifs is 3. The van der Waals surface area contributed by atoms with Crippen LogP contribution in [0.5, 0.6) is 5.75 Å². The molecule has 0 amide bonds. The minimum absolute atomic E-state index is 0.00608. The molecule has 0 spiro atoms. The molecule has 1 aromatic carbocycles. The molecule has 2 heterocycles. The number of hydrogen-bond donors (Lipinski definition) is 0. The zero-order valence-electron chi connectivity index (χ0n) is 14.8. The lowest BCUT2D eigenvalue weighted by molar-refractivity contribution is 0.242. The third-order valence-corrected chi connectivity index (χ3v) is 5.13. The highest BCUT2D eigenvalue weighted by Crippen LogP contribution is 2.37. The van der Waals surface area contributed by atoms with E-state index in [1.165, 1.54) is 0 Å². The Morgan fingerprint density at radius 1 is 1.27 bits per heavy atom. The first-order chi connectivity index (χ1) is 12.5. The summed E-state index contributed by atoms with van der Waals surface area (Å²) in [5.74, 6) is 0.780. The number of rotatable bonds is 3. The maximum atomic E-state index is 12.6. The van der Waals surface area contributed by atoms with Crippen LogP contribution in [0.25, 0.3) is 11.0 Å². The zero-order valence-corrected chi connectivity index (χ0v) is 15.5. The number of nitrogens with zero attached hydrogens (tertiary/aromatic N) is 1. The second-order valence-electron chi connectivity index (χ2n) is 6.99. The zero-order chi connectivity index (χ0) is 18.3. The number of benzene rings is 1. The number of ether oxygens (including phenoxy) is 1. The van der Waals surface area contributed by atoms with Gasteiger partial charge in [0.1, 0.15) is 11.3 Å². The molecule has 0 saturated carbocycles. The van der Waals surface area contributed by atoms with Crippen LogP contribution < -0.4 is 10.4 Å². The Morgan fingerprint density at radius 2 is 2.12 bits per heavy atom. The largest absolute Gasteiger partial charge is 0.489 e. The maximum Gasteiger partial charge on any atom is 0.339 e. The topological polar surface area (TPSA) is 52.3 Å². The summed E-state index contributed by atoms with van der Waals surface area (Å²) in [4.78, 5) is 17.1. The van der Waals surface area contributed by atoms with Gasteiger partial charge in [0.05, 0.1) is 11.1 Å². The van der Waals surface area contributed by atoms with Crippen LogP contribution in [-0.2, 0) is 12.8 Å². The van der Waals surface area contributed by atoms with Crippen molar-refractivity contribution in [3.8, 4) is 5.75 Å². The van der Waals surface area contributed by atoms with Gasteiger partial charge in [-0.2, -0.15) is 0 Å². The Morgan fingerprint density at radius 3 is 2.85 bits per heavy atom. The molecule has 0 N–H and O–H groups in total. The van der Waals surface area contributed by atoms with Gasteiger partial charge < -0.3 is 9.15 Å². The van der Waals surface area contributed by atoms with Crippen molar-refractivity contribution in [1.82, 2.24) is 4.98 Å². The molecule has 4 nitrogen and oxygen atoms in total. The fourth-order valence-corrected chi connectivity index (χ4v) is 3.88. The van der Waals surface area contributed by atoms with Gasteiger partial charge in [0, 0.05) is 34.8 Å². The Hall–Kier alpha value is -2.33. The minimum Gasteiger partial charge on any atom is -0.489 e. The van der Waals surface area contributed by atoms with Crippen molar-refractivity contribution in [2.24, 2.45) is 0 Å². The van der Waals surface area contributed by atoms with Crippen LogP contribution in [0.3, 0.4) is 0 Å². The van der Waals surface area contributed by atoms with Gasteiger partial charge in [-0.25, -0.2) is 4.79 Å². The van der Waals surface area contributed by atoms with Crippen molar-refractivity contribution in [3.63, 3.8) is 0 Å². The lowest BCUT2D eigenvalue weighted by atomic mass is 9.81. The van der Waals surface area contributed by atoms with E-state index in [1.54, 1.807) is 12.3 Å². The smallest absolute Gasteiger partial charge is 0.339 e. The van der Waals surface area contributed by atoms with Crippen molar-refractivity contribution >= 4 is 22.6 Å². The van der Waals surface area contributed by atoms with Crippen LogP contribution in [0.2, 0.25) is 5.02 Å². The maximum absolute atomic E-state index is 12.6. The van der Waals surface area contributed by atoms with Gasteiger partial charge in [0.15, 0.2) is 0 Å². The molecule has 1 aliphatic rings. The van der Waals surface area contributed by atoms with Crippen LogP contribution >= 0.6 is 11.6 Å². The molecule has 0 bridgehead atoms. The summed E-state index contributed by atoms with van der Waals surface area (Å²) in [7, 11) is 0. The van der Waals surface area contributed by atoms with E-state index in [2.05, 4.69) is 4.98 Å². The van der Waals surface area contributed by atoms with Crippen molar-refractivity contribution in [2.75, 3.05) is 0 Å². The molecule has 4 rings (SSSR count). The molecule has 1 atom stereocenters. The summed E-state index contributed by atoms with van der Waals surface area (Å²) < 4.78 is 11.3. The molecule has 1 aliphatic carbocycles. The molecule has 26 heavy (non-hydrogen) atoms. The number of hydrogen-bond acceptors (Lipinski definition) is 4. The van der Waals surface area contributed by atoms with Gasteiger partial charge >= 0.3 is 5.63 Å². The third-order valence-electron chi connectivity index (χ3n) is 4.83. The first-order valence-electron chi connectivity index (χ1n) is 8.88. The molecule has 0 aliphatic heterocycles. The van der Waals surface area contributed by atoms with E-state index in [9.17, 15) is 4.79 Å². The van der Waals surface area contributed by atoms with E-state index >= 15 is 0 Å². The van der Waals surface area contributed by atoms with Crippen LogP contribution in [0.15, 0.2) is 45.7 Å². The fourth-order valence-electron chi connectivity index (χ4n) is 3.68. The van der Waals surface area contributed by atoms with E-state index in [4.69, 9.17) is 20.8 Å². The Kier molecular flexibility index (Phi) is 4.45. The van der Waals surface area contributed by atoms with Crippen LogP contribution in [0.1, 0.15) is 43.0 Å². The summed E-state index contributed by atoms with van der Waals surface area (Å²) >= 11 is 6.40. The highest BCUT2D eigenvalue weighted by atomic mass is 35.5. The number of halogens is 1. The van der Waals surface area contributed by atoms with Crippen molar-refractivity contribution in [2.45, 2.75) is 45.1 Å². The van der Waals surface area contributed by atoms with Gasteiger partial charge in [-0.1, -0.05) is 17.7 Å². The normalized spacial score (nSPS) is 16.7. The molecule has 134 valence electrons. The number of pyridine rings is 1. The lowest BCUT2D eigenvalue weighted by Crippen LogP contribution is -2.21. The first kappa shape index (κ1) is 17.1. The van der Waals surface area contributed by atoms with E-state index in [0.717, 1.165) is 35.0 Å². The number of aromatic nitrogens is 1. The quantitative estimate of drug-likeness (QED) is 0.616. The van der Waals surface area contributed by atoms with Crippen molar-refractivity contribution in [3.05, 3.63) is 68.8 Å². The highest BCUT2D eigenvalue weighted by Gasteiger charge is 2.26. The average molecular weight is 370 g/mol. The van der Waals surface area contributed by atoms with Crippen molar-refractivity contribution in [1.29, 1.82) is 0 Å². The molecular weight excluding hydrogens is 350 g/mol. The van der Waals surface area contributed by atoms with Crippen molar-refractivity contribution < 1.29 is 9.15 Å². The van der Waals surface area contributed by atoms with Gasteiger partial charge in [0.2, 0.25) is 0 Å². The Bertz CT molecular complexity index is 1010. The summed E-state index contributed by atoms with van der Waals surface area (Å²) in [6.07, 6.45) is 4.19. The lowest BCUT2D eigenvalue weighted by Gasteiger charge is -2.24. The van der Waals surface area contributed by atoms with Crippen LogP contribution in [0, 0.1) is 0 Å². The van der Waals surface area contributed by atoms with Gasteiger partial charge in [-0.15, -0.1) is 0 Å². The third kappa shape index (κ3) is 3.10. The predicted octanol–water partition coefficient (Wildman–Crippen LogP) is 4.90. The molecule has 1 unspecified atom stereocenters. The van der Waals surface area contributed by atoms with Crippen LogP contribution in [0.4, 0.5) is 0 Å². The SMILES string of the molecule is CC(C)Oc1cc2oc(=O)c3c(c2cc1Cl)CCC(c1ccccn1)C3. The van der Waals surface area contributed by atoms with Crippen LogP contribution in [-0.4, -0.2) is 11.1 Å². The summed E-state index contributed by atoms with van der Waals surface area (Å²) in [5.41, 5.74) is 3.07. The first-order valence-corrected chi connectivity index (χ1v) is 9.26. The fraction of sp³-hybridized carbons (Fsp3) is 0.333. The predicted molar refractivity (Wildman–Crippen MR) is 102 cm³/mol. The van der Waals surface area contributed by atoms with E-state index in [1.807, 2.05) is 38.1 Å². The number of aryl methyl sites for hydroxylation is 1.